The molecule has 1 aromatic rings. The molecule has 1 aliphatic rings. The van der Waals surface area contributed by atoms with E-state index in [1.165, 1.54) is 32.4 Å². The minimum Gasteiger partial charge on any atom is -0.495 e. The Balaban J connectivity index is 1.94. The highest BCUT2D eigenvalue weighted by molar-refractivity contribution is 7.92. The fourth-order valence-electron chi connectivity index (χ4n) is 3.14. The van der Waals surface area contributed by atoms with E-state index in [9.17, 15) is 13.2 Å². The average Bonchev–Trinajstić information content (AvgIpc) is 2.63. The van der Waals surface area contributed by atoms with Crippen LogP contribution in [0.25, 0.3) is 0 Å². The second-order valence-electron chi connectivity index (χ2n) is 6.69. The lowest BCUT2D eigenvalue weighted by molar-refractivity contribution is -0.119. The van der Waals surface area contributed by atoms with Crippen molar-refractivity contribution in [2.24, 2.45) is 0 Å². The second kappa shape index (κ2) is 10.1. The van der Waals surface area contributed by atoms with Crippen LogP contribution in [0.15, 0.2) is 18.2 Å². The van der Waals surface area contributed by atoms with Crippen LogP contribution in [-0.2, 0) is 14.8 Å². The Labute approximate surface area is 166 Å². The number of amides is 1. The first kappa shape index (κ1) is 21.8. The predicted octanol–water partition coefficient (Wildman–Crippen LogP) is 2.11. The fraction of sp³-hybridized carbons (Fsp3) is 0.611. The summed E-state index contributed by atoms with van der Waals surface area (Å²) in [5.41, 5.74) is 0.246. The number of anilines is 1. The van der Waals surface area contributed by atoms with Gasteiger partial charge in [-0.1, -0.05) is 18.0 Å². The van der Waals surface area contributed by atoms with Gasteiger partial charge in [-0.25, -0.2) is 8.42 Å². The van der Waals surface area contributed by atoms with E-state index in [-0.39, 0.29) is 18.1 Å². The molecule has 0 unspecified atom stereocenters. The van der Waals surface area contributed by atoms with Crippen molar-refractivity contribution in [2.75, 3.05) is 50.4 Å². The number of hydrogen-bond acceptors (Lipinski definition) is 5. The number of halogens is 1. The van der Waals surface area contributed by atoms with Gasteiger partial charge in [-0.2, -0.15) is 0 Å². The van der Waals surface area contributed by atoms with Crippen LogP contribution < -0.4 is 14.4 Å². The summed E-state index contributed by atoms with van der Waals surface area (Å²) < 4.78 is 30.7. The molecule has 1 N–H and O–H groups in total. The van der Waals surface area contributed by atoms with Crippen LogP contribution in [-0.4, -0.2) is 65.3 Å². The highest BCUT2D eigenvalue weighted by Crippen LogP contribution is 2.32. The molecule has 0 atom stereocenters. The molecule has 1 saturated heterocycles. The minimum absolute atomic E-state index is 0.246. The van der Waals surface area contributed by atoms with Crippen molar-refractivity contribution in [3.63, 3.8) is 0 Å². The molecule has 152 valence electrons. The van der Waals surface area contributed by atoms with Crippen molar-refractivity contribution in [3.8, 4) is 5.75 Å². The molecule has 0 saturated carbocycles. The molecule has 1 amide bonds. The van der Waals surface area contributed by atoms with Gasteiger partial charge in [0.15, 0.2) is 0 Å². The predicted molar refractivity (Wildman–Crippen MR) is 108 cm³/mol. The Morgan fingerprint density at radius 2 is 2.00 bits per heavy atom. The first-order valence-electron chi connectivity index (χ1n) is 9.11. The lowest BCUT2D eigenvalue weighted by Gasteiger charge is -2.26. The van der Waals surface area contributed by atoms with Crippen molar-refractivity contribution in [1.29, 1.82) is 0 Å². The van der Waals surface area contributed by atoms with Crippen molar-refractivity contribution in [1.82, 2.24) is 10.2 Å². The van der Waals surface area contributed by atoms with Gasteiger partial charge in [0, 0.05) is 11.6 Å². The smallest absolute Gasteiger partial charge is 0.240 e. The number of carbonyl (C=O) groups is 1. The summed E-state index contributed by atoms with van der Waals surface area (Å²) in [6.07, 6.45) is 5.65. The molecule has 1 heterocycles. The van der Waals surface area contributed by atoms with E-state index in [0.717, 1.165) is 36.6 Å². The lowest BCUT2D eigenvalue weighted by atomic mass is 10.1. The Morgan fingerprint density at radius 1 is 1.30 bits per heavy atom. The maximum Gasteiger partial charge on any atom is 0.240 e. The van der Waals surface area contributed by atoms with Gasteiger partial charge in [-0.15, -0.1) is 0 Å². The average molecular weight is 418 g/mol. The third kappa shape index (κ3) is 6.86. The van der Waals surface area contributed by atoms with E-state index in [2.05, 4.69) is 10.2 Å². The largest absolute Gasteiger partial charge is 0.495 e. The Morgan fingerprint density at radius 3 is 2.63 bits per heavy atom. The summed E-state index contributed by atoms with van der Waals surface area (Å²) >= 11 is 6.00. The minimum atomic E-state index is -3.68. The van der Waals surface area contributed by atoms with Gasteiger partial charge in [0.1, 0.15) is 12.3 Å². The third-order valence-corrected chi connectivity index (χ3v) is 5.88. The molecule has 1 fully saturated rings. The number of ether oxygens (including phenoxy) is 1. The van der Waals surface area contributed by atoms with Gasteiger partial charge in [0.25, 0.3) is 0 Å². The van der Waals surface area contributed by atoms with Gasteiger partial charge in [-0.3, -0.25) is 9.10 Å². The molecule has 7 nitrogen and oxygen atoms in total. The van der Waals surface area contributed by atoms with Gasteiger partial charge in [-0.05, 0) is 57.1 Å². The normalized spacial score (nSPS) is 15.4. The van der Waals surface area contributed by atoms with Crippen LogP contribution in [0, 0.1) is 0 Å². The summed E-state index contributed by atoms with van der Waals surface area (Å²) in [6.45, 7) is 3.37. The van der Waals surface area contributed by atoms with Crippen molar-refractivity contribution < 1.29 is 17.9 Å². The third-order valence-electron chi connectivity index (χ3n) is 4.52. The first-order chi connectivity index (χ1) is 12.8. The highest BCUT2D eigenvalue weighted by atomic mass is 35.5. The maximum absolute atomic E-state index is 12.3. The molecular formula is C18H28ClN3O4S. The Hall–Kier alpha value is -1.51. The first-order valence-corrected chi connectivity index (χ1v) is 11.3. The summed E-state index contributed by atoms with van der Waals surface area (Å²) in [6, 6.07) is 4.66. The molecular weight excluding hydrogens is 390 g/mol. The van der Waals surface area contributed by atoms with Crippen molar-refractivity contribution in [2.45, 2.75) is 25.7 Å². The van der Waals surface area contributed by atoms with E-state index in [1.54, 1.807) is 12.1 Å². The Kier molecular flexibility index (Phi) is 8.19. The summed E-state index contributed by atoms with van der Waals surface area (Å²) in [7, 11) is -2.25. The number of likely N-dealkylation sites (tertiary alicyclic amines) is 1. The van der Waals surface area contributed by atoms with Crippen LogP contribution in [0.4, 0.5) is 5.69 Å². The van der Waals surface area contributed by atoms with Gasteiger partial charge in [0.05, 0.1) is 19.1 Å². The number of piperidine rings is 1. The monoisotopic (exact) mass is 417 g/mol. The maximum atomic E-state index is 12.3. The molecule has 0 bridgehead atoms. The number of nitrogens with one attached hydrogen (secondary N) is 1. The SMILES string of the molecule is COc1ccc(Cl)cc1N(CC(=O)NCCCN1CCCCC1)S(C)(=O)=O. The van der Waals surface area contributed by atoms with Crippen molar-refractivity contribution >= 4 is 33.2 Å². The van der Waals surface area contributed by atoms with Gasteiger partial charge in [0.2, 0.25) is 15.9 Å². The van der Waals surface area contributed by atoms with E-state index in [0.29, 0.717) is 17.3 Å². The summed E-state index contributed by atoms with van der Waals surface area (Å²) in [5, 5.41) is 3.16. The quantitative estimate of drug-likeness (QED) is 0.622. The molecule has 0 aliphatic carbocycles. The fourth-order valence-corrected chi connectivity index (χ4v) is 4.16. The van der Waals surface area contributed by atoms with Crippen LogP contribution in [0.1, 0.15) is 25.7 Å². The number of sulfonamides is 1. The van der Waals surface area contributed by atoms with Crippen LogP contribution in [0.5, 0.6) is 5.75 Å². The summed E-state index contributed by atoms with van der Waals surface area (Å²) in [4.78, 5) is 14.7. The molecule has 0 spiro atoms. The van der Waals surface area contributed by atoms with Crippen molar-refractivity contribution in [3.05, 3.63) is 23.2 Å². The van der Waals surface area contributed by atoms with E-state index >= 15 is 0 Å². The zero-order valence-corrected chi connectivity index (χ0v) is 17.5. The molecule has 9 heteroatoms. The zero-order chi connectivity index (χ0) is 19.9. The highest BCUT2D eigenvalue weighted by Gasteiger charge is 2.24. The number of nitrogens with zero attached hydrogens (tertiary/aromatic N) is 2. The number of rotatable bonds is 9. The number of benzene rings is 1. The summed E-state index contributed by atoms with van der Waals surface area (Å²) in [5.74, 6) is -0.0242. The molecule has 1 aliphatic heterocycles. The van der Waals surface area contributed by atoms with Crippen LogP contribution >= 0.6 is 11.6 Å². The molecule has 0 aromatic heterocycles. The number of hydrogen-bond donors (Lipinski definition) is 1. The molecule has 27 heavy (non-hydrogen) atoms. The number of carbonyl (C=O) groups excluding carboxylic acids is 1. The van der Waals surface area contributed by atoms with E-state index < -0.39 is 10.0 Å². The molecule has 2 rings (SSSR count). The van der Waals surface area contributed by atoms with Crippen LogP contribution in [0.3, 0.4) is 0 Å². The molecule has 0 radical (unpaired) electrons. The molecule has 1 aromatic carbocycles. The standard InChI is InChI=1S/C18H28ClN3O4S/c1-26-17-8-7-15(19)13-16(17)22(27(2,24)25)14-18(23)20-9-6-12-21-10-4-3-5-11-21/h7-8,13H,3-6,9-12,14H2,1-2H3,(H,20,23). The zero-order valence-electron chi connectivity index (χ0n) is 15.9. The lowest BCUT2D eigenvalue weighted by Crippen LogP contribution is -2.41. The van der Waals surface area contributed by atoms with E-state index in [1.807, 2.05) is 0 Å². The van der Waals surface area contributed by atoms with Crippen LogP contribution in [0.2, 0.25) is 5.02 Å². The topological polar surface area (TPSA) is 79.0 Å². The second-order valence-corrected chi connectivity index (χ2v) is 9.03. The number of methoxy groups -OCH3 is 1. The Bertz CT molecular complexity index is 736. The van der Waals surface area contributed by atoms with Gasteiger partial charge >= 0.3 is 0 Å². The van der Waals surface area contributed by atoms with E-state index in [4.69, 9.17) is 16.3 Å². The van der Waals surface area contributed by atoms with Gasteiger partial charge < -0.3 is 15.0 Å².